The van der Waals surface area contributed by atoms with Crippen molar-refractivity contribution in [2.45, 2.75) is 4.90 Å². The zero-order chi connectivity index (χ0) is 22.4. The second-order valence-corrected chi connectivity index (χ2v) is 8.88. The van der Waals surface area contributed by atoms with Crippen LogP contribution in [0.15, 0.2) is 71.9 Å². The van der Waals surface area contributed by atoms with Gasteiger partial charge in [0.15, 0.2) is 11.5 Å². The van der Waals surface area contributed by atoms with E-state index in [-0.39, 0.29) is 16.2 Å². The van der Waals surface area contributed by atoms with Crippen molar-refractivity contribution in [3.05, 3.63) is 83.7 Å². The first-order valence-corrected chi connectivity index (χ1v) is 10.8. The van der Waals surface area contributed by atoms with E-state index in [1.165, 1.54) is 45.5 Å². The normalized spacial score (nSPS) is 11.6. The fraction of sp³-hybridized carbons (Fsp3) is 0.130. The summed E-state index contributed by atoms with van der Waals surface area (Å²) in [5.74, 6) is 0.0442. The fourth-order valence-corrected chi connectivity index (χ4v) is 3.57. The molecule has 0 radical (unpaired) electrons. The zero-order valence-electron chi connectivity index (χ0n) is 17.3. The third-order valence-electron chi connectivity index (χ3n) is 4.43. The van der Waals surface area contributed by atoms with Crippen LogP contribution in [0.4, 0.5) is 0 Å². The molecule has 0 aliphatic rings. The van der Waals surface area contributed by atoms with Gasteiger partial charge in [-0.3, -0.25) is 4.98 Å². The average Bonchev–Trinajstić information content (AvgIpc) is 2.79. The fourth-order valence-electron chi connectivity index (χ4n) is 2.67. The molecule has 0 saturated carbocycles. The number of aromatic nitrogens is 1. The number of sulfonamides is 1. The molecule has 0 N–H and O–H groups in total. The van der Waals surface area contributed by atoms with E-state index in [9.17, 15) is 13.2 Å². The molecule has 160 valence electrons. The molecule has 1 heterocycles. The molecule has 0 aliphatic carbocycles. The van der Waals surface area contributed by atoms with Crippen LogP contribution < -0.4 is 9.47 Å². The quantitative estimate of drug-likeness (QED) is 0.413. The van der Waals surface area contributed by atoms with Crippen LogP contribution in [0, 0.1) is 0 Å². The van der Waals surface area contributed by atoms with Crippen LogP contribution in [0.1, 0.15) is 21.5 Å². The van der Waals surface area contributed by atoms with Gasteiger partial charge in [-0.15, -0.1) is 0 Å². The van der Waals surface area contributed by atoms with Gasteiger partial charge >= 0.3 is 5.97 Å². The molecular formula is C23H22N2O5S. The average molecular weight is 439 g/mol. The van der Waals surface area contributed by atoms with Gasteiger partial charge in [-0.05, 0) is 59.7 Å². The maximum Gasteiger partial charge on any atom is 0.343 e. The summed E-state index contributed by atoms with van der Waals surface area (Å²) in [4.78, 5) is 16.6. The Labute approximate surface area is 181 Å². The Morgan fingerprint density at radius 2 is 1.55 bits per heavy atom. The zero-order valence-corrected chi connectivity index (χ0v) is 18.2. The molecule has 0 aliphatic heterocycles. The lowest BCUT2D eigenvalue weighted by Gasteiger charge is -2.12. The summed E-state index contributed by atoms with van der Waals surface area (Å²) >= 11 is 0. The van der Waals surface area contributed by atoms with Crippen molar-refractivity contribution < 1.29 is 22.7 Å². The van der Waals surface area contributed by atoms with E-state index in [1.54, 1.807) is 30.6 Å². The Kier molecular flexibility index (Phi) is 6.84. The van der Waals surface area contributed by atoms with Crippen molar-refractivity contribution in [1.29, 1.82) is 0 Å². The van der Waals surface area contributed by atoms with E-state index >= 15 is 0 Å². The van der Waals surface area contributed by atoms with E-state index in [0.717, 1.165) is 15.4 Å². The molecule has 0 atom stereocenters. The van der Waals surface area contributed by atoms with Crippen molar-refractivity contribution in [2.75, 3.05) is 21.2 Å². The minimum Gasteiger partial charge on any atom is -0.493 e. The highest BCUT2D eigenvalue weighted by Crippen LogP contribution is 2.29. The Morgan fingerprint density at radius 3 is 2.16 bits per heavy atom. The third kappa shape index (κ3) is 5.36. The van der Waals surface area contributed by atoms with Crippen LogP contribution in [-0.4, -0.2) is 44.9 Å². The largest absolute Gasteiger partial charge is 0.493 e. The number of rotatable bonds is 7. The number of nitrogens with zero attached hydrogens (tertiary/aromatic N) is 2. The van der Waals surface area contributed by atoms with Gasteiger partial charge in [-0.25, -0.2) is 17.5 Å². The molecule has 31 heavy (non-hydrogen) atoms. The Balaban J connectivity index is 1.76. The lowest BCUT2D eigenvalue weighted by molar-refractivity contribution is 0.0729. The molecule has 0 unspecified atom stereocenters. The summed E-state index contributed by atoms with van der Waals surface area (Å²) in [5, 5.41) is 0. The maximum atomic E-state index is 12.5. The monoisotopic (exact) mass is 438 g/mol. The Bertz CT molecular complexity index is 1190. The second-order valence-electron chi connectivity index (χ2n) is 6.73. The predicted molar refractivity (Wildman–Crippen MR) is 118 cm³/mol. The number of hydrogen-bond donors (Lipinski definition) is 0. The van der Waals surface area contributed by atoms with Crippen LogP contribution in [0.25, 0.3) is 12.2 Å². The van der Waals surface area contributed by atoms with Crippen molar-refractivity contribution in [2.24, 2.45) is 0 Å². The highest BCUT2D eigenvalue weighted by molar-refractivity contribution is 7.89. The molecule has 1 aromatic heterocycles. The van der Waals surface area contributed by atoms with Gasteiger partial charge in [-0.1, -0.05) is 18.2 Å². The highest BCUT2D eigenvalue weighted by atomic mass is 32.2. The molecule has 0 bridgehead atoms. The number of carbonyl (C=O) groups is 1. The van der Waals surface area contributed by atoms with Crippen molar-refractivity contribution in [3.8, 4) is 11.5 Å². The first-order valence-electron chi connectivity index (χ1n) is 9.32. The van der Waals surface area contributed by atoms with Crippen molar-refractivity contribution in [1.82, 2.24) is 9.29 Å². The van der Waals surface area contributed by atoms with Gasteiger partial charge in [-0.2, -0.15) is 0 Å². The number of pyridine rings is 1. The van der Waals surface area contributed by atoms with E-state index in [2.05, 4.69) is 4.98 Å². The summed E-state index contributed by atoms with van der Waals surface area (Å²) in [5.41, 5.74) is 2.09. The van der Waals surface area contributed by atoms with Crippen LogP contribution in [0.3, 0.4) is 0 Å². The van der Waals surface area contributed by atoms with E-state index in [0.29, 0.717) is 5.75 Å². The number of carbonyl (C=O) groups excluding carboxylic acids is 1. The topological polar surface area (TPSA) is 85.8 Å². The molecule has 0 amide bonds. The van der Waals surface area contributed by atoms with E-state index in [4.69, 9.17) is 9.47 Å². The van der Waals surface area contributed by atoms with E-state index < -0.39 is 16.0 Å². The summed E-state index contributed by atoms with van der Waals surface area (Å²) in [6.45, 7) is 0. The van der Waals surface area contributed by atoms with Crippen LogP contribution >= 0.6 is 0 Å². The number of esters is 1. The lowest BCUT2D eigenvalue weighted by Crippen LogP contribution is -2.22. The van der Waals surface area contributed by atoms with Gasteiger partial charge in [0.25, 0.3) is 0 Å². The Hall–Kier alpha value is -3.49. The number of ether oxygens (including phenoxy) is 2. The molecule has 0 spiro atoms. The van der Waals surface area contributed by atoms with Gasteiger partial charge < -0.3 is 9.47 Å². The predicted octanol–water partition coefficient (Wildman–Crippen LogP) is 3.73. The molecular weight excluding hydrogens is 416 g/mol. The summed E-state index contributed by atoms with van der Waals surface area (Å²) in [7, 11) is 0.810. The van der Waals surface area contributed by atoms with Gasteiger partial charge in [0.05, 0.1) is 17.6 Å². The van der Waals surface area contributed by atoms with Crippen LogP contribution in [0.5, 0.6) is 11.5 Å². The van der Waals surface area contributed by atoms with Gasteiger partial charge in [0.2, 0.25) is 10.0 Å². The number of hydrogen-bond acceptors (Lipinski definition) is 6. The third-order valence-corrected chi connectivity index (χ3v) is 6.26. The maximum absolute atomic E-state index is 12.5. The van der Waals surface area contributed by atoms with Gasteiger partial charge in [0.1, 0.15) is 0 Å². The summed E-state index contributed by atoms with van der Waals surface area (Å²) in [6, 6.07) is 14.6. The molecule has 0 saturated heterocycles. The minimum atomic E-state index is -3.57. The van der Waals surface area contributed by atoms with Crippen LogP contribution in [0.2, 0.25) is 0 Å². The SMILES string of the molecule is COc1cc(/C=C/c2ccncc2)ccc1OC(=O)c1ccc(S(=O)(=O)N(C)C)cc1. The number of methoxy groups -OCH3 is 1. The first-order chi connectivity index (χ1) is 14.8. The smallest absolute Gasteiger partial charge is 0.343 e. The standard InChI is InChI=1S/C23H22N2O5S/c1-25(2)31(27,28)20-9-7-19(8-10-20)23(26)30-21-11-6-18(16-22(21)29-3)5-4-17-12-14-24-15-13-17/h4-16H,1-3H3/b5-4+. The molecule has 0 fully saturated rings. The van der Waals surface area contributed by atoms with Crippen molar-refractivity contribution in [3.63, 3.8) is 0 Å². The molecule has 2 aromatic carbocycles. The molecule has 7 nitrogen and oxygen atoms in total. The minimum absolute atomic E-state index is 0.0944. The van der Waals surface area contributed by atoms with E-state index in [1.807, 2.05) is 24.3 Å². The van der Waals surface area contributed by atoms with Crippen LogP contribution in [-0.2, 0) is 10.0 Å². The molecule has 8 heteroatoms. The van der Waals surface area contributed by atoms with Crippen molar-refractivity contribution >= 4 is 28.1 Å². The molecule has 3 aromatic rings. The van der Waals surface area contributed by atoms with Gasteiger partial charge in [0, 0.05) is 26.5 Å². The second kappa shape index (κ2) is 9.55. The highest BCUT2D eigenvalue weighted by Gasteiger charge is 2.18. The number of benzene rings is 2. The lowest BCUT2D eigenvalue weighted by atomic mass is 10.1. The Morgan fingerprint density at radius 1 is 0.903 bits per heavy atom. The molecule has 3 rings (SSSR count). The first kappa shape index (κ1) is 22.2. The summed E-state index contributed by atoms with van der Waals surface area (Å²) in [6.07, 6.45) is 7.27. The summed E-state index contributed by atoms with van der Waals surface area (Å²) < 4.78 is 36.2.